The molecule has 110 valence electrons. The van der Waals surface area contributed by atoms with Crippen LogP contribution < -0.4 is 5.32 Å². The number of hydrogen-bond acceptors (Lipinski definition) is 3. The van der Waals surface area contributed by atoms with Gasteiger partial charge in [0.2, 0.25) is 5.91 Å². The topological polar surface area (TPSA) is 45.5 Å². The van der Waals surface area contributed by atoms with Crippen molar-refractivity contribution < 1.29 is 9.21 Å². The van der Waals surface area contributed by atoms with Crippen molar-refractivity contribution in [3.8, 4) is 0 Å². The van der Waals surface area contributed by atoms with E-state index >= 15 is 0 Å². The fraction of sp³-hybridized carbons (Fsp3) is 0.353. The lowest BCUT2D eigenvalue weighted by Crippen LogP contribution is -2.36. The van der Waals surface area contributed by atoms with Crippen LogP contribution in [0.2, 0.25) is 0 Å². The number of carbonyl (C=O) groups is 1. The van der Waals surface area contributed by atoms with Gasteiger partial charge in [-0.25, -0.2) is 0 Å². The second-order valence-electron chi connectivity index (χ2n) is 5.40. The molecule has 0 spiro atoms. The maximum atomic E-state index is 12.1. The number of furan rings is 1. The maximum Gasteiger partial charge on any atom is 0.234 e. The molecule has 2 aromatic rings. The van der Waals surface area contributed by atoms with Crippen LogP contribution in [0.25, 0.3) is 0 Å². The zero-order valence-corrected chi connectivity index (χ0v) is 12.0. The third-order valence-electron chi connectivity index (χ3n) is 3.93. The first-order chi connectivity index (χ1) is 10.3. The van der Waals surface area contributed by atoms with Crippen molar-refractivity contribution in [3.63, 3.8) is 0 Å². The van der Waals surface area contributed by atoms with E-state index in [1.807, 2.05) is 18.2 Å². The minimum atomic E-state index is 0.0502. The van der Waals surface area contributed by atoms with Crippen molar-refractivity contribution >= 4 is 5.91 Å². The lowest BCUT2D eigenvalue weighted by molar-refractivity contribution is -0.122. The quantitative estimate of drug-likeness (QED) is 0.918. The summed E-state index contributed by atoms with van der Waals surface area (Å²) in [5, 5.41) is 2.91. The van der Waals surface area contributed by atoms with E-state index in [0.29, 0.717) is 19.1 Å². The van der Waals surface area contributed by atoms with Crippen molar-refractivity contribution in [2.24, 2.45) is 0 Å². The van der Waals surface area contributed by atoms with Gasteiger partial charge in [-0.2, -0.15) is 0 Å². The molecule has 0 radical (unpaired) electrons. The molecule has 0 saturated carbocycles. The molecule has 1 aromatic carbocycles. The lowest BCUT2D eigenvalue weighted by Gasteiger charge is -2.24. The van der Waals surface area contributed by atoms with Crippen molar-refractivity contribution in [2.45, 2.75) is 25.4 Å². The van der Waals surface area contributed by atoms with Crippen LogP contribution in [0.15, 0.2) is 53.1 Å². The molecule has 1 amide bonds. The molecule has 1 saturated heterocycles. The fourth-order valence-corrected chi connectivity index (χ4v) is 2.91. The van der Waals surface area contributed by atoms with E-state index in [9.17, 15) is 4.79 Å². The highest BCUT2D eigenvalue weighted by Crippen LogP contribution is 2.31. The molecule has 2 heterocycles. The van der Waals surface area contributed by atoms with Gasteiger partial charge < -0.3 is 9.73 Å². The van der Waals surface area contributed by atoms with Crippen LogP contribution in [-0.4, -0.2) is 23.9 Å². The molecule has 0 aliphatic carbocycles. The Bertz CT molecular complexity index is 566. The third-order valence-corrected chi connectivity index (χ3v) is 3.93. The Hall–Kier alpha value is -2.07. The molecule has 1 fully saturated rings. The predicted octanol–water partition coefficient (Wildman–Crippen LogP) is 2.73. The van der Waals surface area contributed by atoms with Gasteiger partial charge in [-0.3, -0.25) is 9.69 Å². The van der Waals surface area contributed by atoms with Crippen LogP contribution in [0.4, 0.5) is 0 Å². The average molecular weight is 284 g/mol. The van der Waals surface area contributed by atoms with Gasteiger partial charge in [0.25, 0.3) is 0 Å². The van der Waals surface area contributed by atoms with Gasteiger partial charge in [0, 0.05) is 6.04 Å². The van der Waals surface area contributed by atoms with Crippen LogP contribution >= 0.6 is 0 Å². The molecule has 21 heavy (non-hydrogen) atoms. The Balaban J connectivity index is 1.55. The molecule has 4 nitrogen and oxygen atoms in total. The standard InChI is InChI=1S/C17H20N2O2/c20-17(18-12-15-8-5-11-21-15)13-19-10-4-9-16(19)14-6-2-1-3-7-14/h1-3,5-8,11,16H,4,9-10,12-13H2,(H,18,20)/t16-/m1/s1. The summed E-state index contributed by atoms with van der Waals surface area (Å²) in [7, 11) is 0. The molecule has 0 bridgehead atoms. The number of carbonyl (C=O) groups excluding carboxylic acids is 1. The van der Waals surface area contributed by atoms with Crippen LogP contribution in [0.3, 0.4) is 0 Å². The lowest BCUT2D eigenvalue weighted by atomic mass is 10.0. The minimum Gasteiger partial charge on any atom is -0.467 e. The van der Waals surface area contributed by atoms with Crippen molar-refractivity contribution in [1.82, 2.24) is 10.2 Å². The van der Waals surface area contributed by atoms with Gasteiger partial charge >= 0.3 is 0 Å². The van der Waals surface area contributed by atoms with E-state index in [2.05, 4.69) is 34.5 Å². The smallest absolute Gasteiger partial charge is 0.234 e. The highest BCUT2D eigenvalue weighted by molar-refractivity contribution is 5.78. The van der Waals surface area contributed by atoms with Gasteiger partial charge in [-0.15, -0.1) is 0 Å². The van der Waals surface area contributed by atoms with Gasteiger partial charge in [-0.1, -0.05) is 30.3 Å². The normalized spacial score (nSPS) is 18.8. The van der Waals surface area contributed by atoms with E-state index < -0.39 is 0 Å². The van der Waals surface area contributed by atoms with E-state index in [1.54, 1.807) is 6.26 Å². The van der Waals surface area contributed by atoms with E-state index in [-0.39, 0.29) is 5.91 Å². The molecule has 3 rings (SSSR count). The number of hydrogen-bond donors (Lipinski definition) is 1. The molecular weight excluding hydrogens is 264 g/mol. The van der Waals surface area contributed by atoms with Crippen molar-refractivity contribution in [1.29, 1.82) is 0 Å². The Morgan fingerprint density at radius 2 is 2.10 bits per heavy atom. The summed E-state index contributed by atoms with van der Waals surface area (Å²) in [6, 6.07) is 14.5. The second-order valence-corrected chi connectivity index (χ2v) is 5.40. The molecular formula is C17H20N2O2. The maximum absolute atomic E-state index is 12.1. The monoisotopic (exact) mass is 284 g/mol. The largest absolute Gasteiger partial charge is 0.467 e. The summed E-state index contributed by atoms with van der Waals surface area (Å²) >= 11 is 0. The van der Waals surface area contributed by atoms with Crippen LogP contribution in [0.5, 0.6) is 0 Å². The van der Waals surface area contributed by atoms with E-state index in [4.69, 9.17) is 4.42 Å². The summed E-state index contributed by atoms with van der Waals surface area (Å²) in [5.41, 5.74) is 1.30. The SMILES string of the molecule is O=C(CN1CCC[C@@H]1c1ccccc1)NCc1ccco1. The van der Waals surface area contributed by atoms with Crippen LogP contribution in [0, 0.1) is 0 Å². The fourth-order valence-electron chi connectivity index (χ4n) is 2.91. The van der Waals surface area contributed by atoms with Crippen molar-refractivity contribution in [2.75, 3.05) is 13.1 Å². The minimum absolute atomic E-state index is 0.0502. The Morgan fingerprint density at radius 1 is 1.24 bits per heavy atom. The first-order valence-corrected chi connectivity index (χ1v) is 7.41. The van der Waals surface area contributed by atoms with Crippen molar-refractivity contribution in [3.05, 3.63) is 60.1 Å². The Kier molecular flexibility index (Phi) is 4.36. The molecule has 0 unspecified atom stereocenters. The van der Waals surface area contributed by atoms with E-state index in [0.717, 1.165) is 25.1 Å². The molecule has 1 aromatic heterocycles. The molecule has 4 heteroatoms. The summed E-state index contributed by atoms with van der Waals surface area (Å²) < 4.78 is 5.22. The van der Waals surface area contributed by atoms with Crippen LogP contribution in [0.1, 0.15) is 30.2 Å². The molecule has 1 atom stereocenters. The highest BCUT2D eigenvalue weighted by atomic mass is 16.3. The summed E-state index contributed by atoms with van der Waals surface area (Å²) in [6.07, 6.45) is 3.88. The number of nitrogens with one attached hydrogen (secondary N) is 1. The van der Waals surface area contributed by atoms with Gasteiger partial charge in [0.15, 0.2) is 0 Å². The highest BCUT2D eigenvalue weighted by Gasteiger charge is 2.27. The zero-order valence-electron chi connectivity index (χ0n) is 12.0. The van der Waals surface area contributed by atoms with Gasteiger partial charge in [-0.05, 0) is 37.1 Å². The molecule has 1 aliphatic heterocycles. The van der Waals surface area contributed by atoms with Gasteiger partial charge in [0.05, 0.1) is 19.4 Å². The zero-order chi connectivity index (χ0) is 14.5. The predicted molar refractivity (Wildman–Crippen MR) is 80.5 cm³/mol. The number of amides is 1. The average Bonchev–Trinajstić information content (AvgIpc) is 3.17. The number of rotatable bonds is 5. The summed E-state index contributed by atoms with van der Waals surface area (Å²) in [5.74, 6) is 0.832. The Labute approximate surface area is 124 Å². The first-order valence-electron chi connectivity index (χ1n) is 7.41. The third kappa shape index (κ3) is 3.52. The second kappa shape index (κ2) is 6.59. The first kappa shape index (κ1) is 13.9. The number of likely N-dealkylation sites (tertiary alicyclic amines) is 1. The molecule has 1 N–H and O–H groups in total. The van der Waals surface area contributed by atoms with Gasteiger partial charge in [0.1, 0.15) is 5.76 Å². The Morgan fingerprint density at radius 3 is 2.86 bits per heavy atom. The van der Waals surface area contributed by atoms with E-state index in [1.165, 1.54) is 5.56 Å². The molecule has 1 aliphatic rings. The summed E-state index contributed by atoms with van der Waals surface area (Å²) in [6.45, 7) is 1.88. The number of nitrogens with zero attached hydrogens (tertiary/aromatic N) is 1. The van der Waals surface area contributed by atoms with Crippen LogP contribution in [-0.2, 0) is 11.3 Å². The number of benzene rings is 1. The summed E-state index contributed by atoms with van der Waals surface area (Å²) in [4.78, 5) is 14.3.